The number of nitrogens with two attached hydrogens (primary N) is 2. The highest BCUT2D eigenvalue weighted by atomic mass is 16.4. The molecule has 0 saturated heterocycles. The molecule has 23 heavy (non-hydrogen) atoms. The van der Waals surface area contributed by atoms with E-state index >= 15 is 0 Å². The summed E-state index contributed by atoms with van der Waals surface area (Å²) in [4.78, 5) is 41.3. The van der Waals surface area contributed by atoms with E-state index in [1.165, 1.54) is 12.5 Å². The standard InChI is InChI=1S/C13H22N6O4/c14-3-1-2-9(15)12(22)19-10(4-8-5-16-7-18-8)13(23)17-6-11(20)21/h5,7,9-10H,1-4,6,14-15H2,(H,16,18)(H,17,23)(H,19,22)(H,20,21). The molecule has 0 bridgehead atoms. The maximum absolute atomic E-state index is 12.1. The van der Waals surface area contributed by atoms with Crippen molar-refractivity contribution in [1.82, 2.24) is 20.6 Å². The van der Waals surface area contributed by atoms with Gasteiger partial charge in [-0.3, -0.25) is 14.4 Å². The van der Waals surface area contributed by atoms with Crippen molar-refractivity contribution in [2.24, 2.45) is 11.5 Å². The molecule has 10 heteroatoms. The van der Waals surface area contributed by atoms with Gasteiger partial charge in [0.05, 0.1) is 12.4 Å². The van der Waals surface area contributed by atoms with Crippen molar-refractivity contribution in [2.45, 2.75) is 31.3 Å². The Kier molecular flexibility index (Phi) is 7.71. The topological polar surface area (TPSA) is 176 Å². The highest BCUT2D eigenvalue weighted by Gasteiger charge is 2.24. The monoisotopic (exact) mass is 326 g/mol. The van der Waals surface area contributed by atoms with Gasteiger partial charge >= 0.3 is 5.97 Å². The Labute approximate surface area is 133 Å². The molecule has 0 aliphatic heterocycles. The van der Waals surface area contributed by atoms with Crippen LogP contribution >= 0.6 is 0 Å². The van der Waals surface area contributed by atoms with Crippen LogP contribution in [-0.4, -0.2) is 58.0 Å². The van der Waals surface area contributed by atoms with Crippen LogP contribution in [0.3, 0.4) is 0 Å². The van der Waals surface area contributed by atoms with Crippen LogP contribution in [0.1, 0.15) is 18.5 Å². The Hall–Kier alpha value is -2.46. The van der Waals surface area contributed by atoms with Gasteiger partial charge in [-0.15, -0.1) is 0 Å². The van der Waals surface area contributed by atoms with Crippen molar-refractivity contribution in [3.63, 3.8) is 0 Å². The van der Waals surface area contributed by atoms with Crippen molar-refractivity contribution in [2.75, 3.05) is 13.1 Å². The Bertz CT molecular complexity index is 519. The van der Waals surface area contributed by atoms with Gasteiger partial charge in [-0.05, 0) is 19.4 Å². The van der Waals surface area contributed by atoms with Crippen LogP contribution in [0.2, 0.25) is 0 Å². The molecule has 0 fully saturated rings. The molecular formula is C13H22N6O4. The summed E-state index contributed by atoms with van der Waals surface area (Å²) in [6.07, 6.45) is 4.08. The first-order valence-corrected chi connectivity index (χ1v) is 7.16. The number of aliphatic carboxylic acids is 1. The molecule has 128 valence electrons. The zero-order valence-corrected chi connectivity index (χ0v) is 12.6. The van der Waals surface area contributed by atoms with E-state index in [9.17, 15) is 14.4 Å². The first-order chi connectivity index (χ1) is 10.9. The number of hydrogen-bond acceptors (Lipinski definition) is 6. The molecule has 1 aromatic heterocycles. The van der Waals surface area contributed by atoms with E-state index in [4.69, 9.17) is 16.6 Å². The first-order valence-electron chi connectivity index (χ1n) is 7.16. The Morgan fingerprint density at radius 2 is 2.09 bits per heavy atom. The van der Waals surface area contributed by atoms with Crippen LogP contribution in [0.25, 0.3) is 0 Å². The molecule has 2 atom stereocenters. The number of aromatic amines is 1. The van der Waals surface area contributed by atoms with Gasteiger partial charge < -0.3 is 32.2 Å². The summed E-state index contributed by atoms with van der Waals surface area (Å²) in [6.45, 7) is -0.120. The average molecular weight is 326 g/mol. The fraction of sp³-hybridized carbons (Fsp3) is 0.538. The van der Waals surface area contributed by atoms with Crippen LogP contribution in [0.4, 0.5) is 0 Å². The van der Waals surface area contributed by atoms with Gasteiger partial charge in [0.2, 0.25) is 11.8 Å². The Morgan fingerprint density at radius 1 is 1.35 bits per heavy atom. The van der Waals surface area contributed by atoms with Crippen LogP contribution < -0.4 is 22.1 Å². The minimum Gasteiger partial charge on any atom is -0.480 e. The third-order valence-corrected chi connectivity index (χ3v) is 3.08. The van der Waals surface area contributed by atoms with Gasteiger partial charge in [0.15, 0.2) is 0 Å². The van der Waals surface area contributed by atoms with Gasteiger partial charge in [-0.1, -0.05) is 0 Å². The third-order valence-electron chi connectivity index (χ3n) is 3.08. The molecule has 0 aromatic carbocycles. The minimum absolute atomic E-state index is 0.140. The second-order valence-corrected chi connectivity index (χ2v) is 4.99. The molecule has 0 saturated carbocycles. The number of aromatic nitrogens is 2. The van der Waals surface area contributed by atoms with Crippen molar-refractivity contribution >= 4 is 17.8 Å². The highest BCUT2D eigenvalue weighted by Crippen LogP contribution is 2.01. The lowest BCUT2D eigenvalue weighted by molar-refractivity contribution is -0.138. The minimum atomic E-state index is -1.18. The molecule has 1 aromatic rings. The smallest absolute Gasteiger partial charge is 0.322 e. The fourth-order valence-corrected chi connectivity index (χ4v) is 1.86. The normalized spacial score (nSPS) is 13.1. The first kappa shape index (κ1) is 18.6. The third kappa shape index (κ3) is 6.89. The molecule has 8 N–H and O–H groups in total. The van der Waals surface area contributed by atoms with Gasteiger partial charge in [-0.25, -0.2) is 4.98 Å². The number of imidazole rings is 1. The fourth-order valence-electron chi connectivity index (χ4n) is 1.86. The van der Waals surface area contributed by atoms with Crippen LogP contribution in [0.5, 0.6) is 0 Å². The summed E-state index contributed by atoms with van der Waals surface area (Å²) in [5, 5.41) is 13.4. The maximum Gasteiger partial charge on any atom is 0.322 e. The van der Waals surface area contributed by atoms with E-state index in [2.05, 4.69) is 20.6 Å². The summed E-state index contributed by atoms with van der Waals surface area (Å²) in [6, 6.07) is -1.73. The van der Waals surface area contributed by atoms with Crippen molar-refractivity contribution in [3.8, 4) is 0 Å². The molecule has 0 aliphatic carbocycles. The number of amides is 2. The number of carboxylic acids is 1. The lowest BCUT2D eigenvalue weighted by Gasteiger charge is -2.20. The summed E-state index contributed by atoms with van der Waals surface area (Å²) < 4.78 is 0. The molecule has 1 rings (SSSR count). The molecule has 1 heterocycles. The van der Waals surface area contributed by atoms with E-state index in [1.807, 2.05) is 0 Å². The molecule has 0 radical (unpaired) electrons. The number of nitrogens with zero attached hydrogens (tertiary/aromatic N) is 1. The van der Waals surface area contributed by atoms with E-state index in [-0.39, 0.29) is 6.42 Å². The maximum atomic E-state index is 12.1. The quantitative estimate of drug-likeness (QED) is 0.280. The van der Waals surface area contributed by atoms with Crippen LogP contribution in [-0.2, 0) is 20.8 Å². The lowest BCUT2D eigenvalue weighted by atomic mass is 10.1. The predicted octanol–water partition coefficient (Wildman–Crippen LogP) is -2.30. The van der Waals surface area contributed by atoms with E-state index in [0.717, 1.165) is 0 Å². The largest absolute Gasteiger partial charge is 0.480 e. The van der Waals surface area contributed by atoms with Gasteiger partial charge in [0.1, 0.15) is 12.6 Å². The van der Waals surface area contributed by atoms with Gasteiger partial charge in [0.25, 0.3) is 0 Å². The molecular weight excluding hydrogens is 304 g/mol. The lowest BCUT2D eigenvalue weighted by Crippen LogP contribution is -2.53. The van der Waals surface area contributed by atoms with E-state index < -0.39 is 36.4 Å². The molecule has 10 nitrogen and oxygen atoms in total. The zero-order valence-electron chi connectivity index (χ0n) is 12.6. The molecule has 2 amide bonds. The number of H-pyrrole nitrogens is 1. The number of nitrogens with one attached hydrogen (secondary N) is 3. The zero-order chi connectivity index (χ0) is 17.2. The van der Waals surface area contributed by atoms with E-state index in [1.54, 1.807) is 0 Å². The van der Waals surface area contributed by atoms with Crippen molar-refractivity contribution in [1.29, 1.82) is 0 Å². The number of carbonyl (C=O) groups is 3. The van der Waals surface area contributed by atoms with Crippen molar-refractivity contribution in [3.05, 3.63) is 18.2 Å². The number of carboxylic acid groups (broad SMARTS) is 1. The summed E-state index contributed by atoms with van der Waals surface area (Å²) in [5.41, 5.74) is 11.7. The Balaban J connectivity index is 2.68. The van der Waals surface area contributed by atoms with Crippen LogP contribution in [0, 0.1) is 0 Å². The number of hydrogen-bond donors (Lipinski definition) is 6. The predicted molar refractivity (Wildman–Crippen MR) is 81.1 cm³/mol. The van der Waals surface area contributed by atoms with Crippen molar-refractivity contribution < 1.29 is 19.5 Å². The highest BCUT2D eigenvalue weighted by molar-refractivity contribution is 5.91. The second kappa shape index (κ2) is 9.54. The Morgan fingerprint density at radius 3 is 2.65 bits per heavy atom. The molecule has 0 spiro atoms. The molecule has 0 aliphatic rings. The average Bonchev–Trinajstić information content (AvgIpc) is 3.02. The number of rotatable bonds is 10. The summed E-state index contributed by atoms with van der Waals surface area (Å²) >= 11 is 0. The number of carbonyl (C=O) groups excluding carboxylic acids is 2. The van der Waals surface area contributed by atoms with Crippen LogP contribution in [0.15, 0.2) is 12.5 Å². The van der Waals surface area contributed by atoms with Gasteiger partial charge in [-0.2, -0.15) is 0 Å². The van der Waals surface area contributed by atoms with Gasteiger partial charge in [0, 0.05) is 18.3 Å². The van der Waals surface area contributed by atoms with E-state index in [0.29, 0.717) is 25.1 Å². The molecule has 2 unspecified atom stereocenters. The summed E-state index contributed by atoms with van der Waals surface area (Å²) in [7, 11) is 0. The second-order valence-electron chi connectivity index (χ2n) is 4.99. The summed E-state index contributed by atoms with van der Waals surface area (Å²) in [5.74, 6) is -2.28. The SMILES string of the molecule is NCCCC(N)C(=O)NC(Cc1cnc[nH]1)C(=O)NCC(=O)O.